The van der Waals surface area contributed by atoms with Crippen molar-refractivity contribution in [3.63, 3.8) is 0 Å². The van der Waals surface area contributed by atoms with Crippen LogP contribution in [0.1, 0.15) is 54.1 Å². The van der Waals surface area contributed by atoms with E-state index in [0.717, 1.165) is 42.6 Å². The zero-order valence-corrected chi connectivity index (χ0v) is 14.2. The van der Waals surface area contributed by atoms with E-state index < -0.39 is 0 Å². The molecule has 0 radical (unpaired) electrons. The second-order valence-corrected chi connectivity index (χ2v) is 6.30. The first kappa shape index (κ1) is 16.4. The van der Waals surface area contributed by atoms with Crippen LogP contribution >= 0.6 is 0 Å². The first-order chi connectivity index (χ1) is 11.6. The lowest BCUT2D eigenvalue weighted by atomic mass is 9.86. The highest BCUT2D eigenvalue weighted by molar-refractivity contribution is 5.94. The van der Waals surface area contributed by atoms with E-state index in [9.17, 15) is 4.79 Å². The predicted octanol–water partition coefficient (Wildman–Crippen LogP) is 3.52. The molecular formula is C18H23N5O. The van der Waals surface area contributed by atoms with E-state index in [1.165, 1.54) is 6.42 Å². The molecule has 1 saturated carbocycles. The number of aromatic amines is 1. The van der Waals surface area contributed by atoms with Crippen LogP contribution in [-0.2, 0) is 0 Å². The summed E-state index contributed by atoms with van der Waals surface area (Å²) in [7, 11) is 0. The fourth-order valence-electron chi connectivity index (χ4n) is 3.06. The van der Waals surface area contributed by atoms with Gasteiger partial charge in [-0.25, -0.2) is 9.50 Å². The lowest BCUT2D eigenvalue weighted by molar-refractivity contribution is 0.0876. The third kappa shape index (κ3) is 3.69. The first-order valence-electron chi connectivity index (χ1n) is 8.47. The number of H-pyrrole nitrogens is 1. The van der Waals surface area contributed by atoms with Gasteiger partial charge in [-0.2, -0.15) is 5.10 Å². The number of carbonyl (C=O) groups excluding carboxylic acids is 1. The molecule has 1 aliphatic rings. The number of aryl methyl sites for hydroxylation is 2. The van der Waals surface area contributed by atoms with Gasteiger partial charge in [0.1, 0.15) is 0 Å². The van der Waals surface area contributed by atoms with Crippen LogP contribution in [0.4, 0.5) is 0 Å². The van der Waals surface area contributed by atoms with Gasteiger partial charge in [-0.3, -0.25) is 9.89 Å². The van der Waals surface area contributed by atoms with E-state index in [1.807, 2.05) is 38.2 Å². The van der Waals surface area contributed by atoms with Gasteiger partial charge in [-0.1, -0.05) is 19.3 Å². The Bertz CT molecular complexity index is 800. The van der Waals surface area contributed by atoms with Crippen LogP contribution in [0.3, 0.4) is 0 Å². The first-order valence-corrected chi connectivity index (χ1v) is 8.47. The zero-order chi connectivity index (χ0) is 16.9. The maximum absolute atomic E-state index is 12.4. The Morgan fingerprint density at radius 3 is 2.62 bits per heavy atom. The molecule has 0 amide bonds. The number of fused-ring (bicyclic) bond motifs is 1. The molecule has 0 aliphatic heterocycles. The van der Waals surface area contributed by atoms with Crippen molar-refractivity contribution in [1.29, 1.82) is 0 Å². The molecule has 6 heteroatoms. The Kier molecular flexibility index (Phi) is 5.03. The molecule has 0 bridgehead atoms. The third-order valence-electron chi connectivity index (χ3n) is 4.41. The summed E-state index contributed by atoms with van der Waals surface area (Å²) in [5.74, 6) is 0.627. The second kappa shape index (κ2) is 7.38. The number of nitrogens with one attached hydrogen (secondary N) is 1. The van der Waals surface area contributed by atoms with Gasteiger partial charge < -0.3 is 0 Å². The lowest BCUT2D eigenvalue weighted by Gasteiger charge is -2.19. The topological polar surface area (TPSA) is 75.9 Å². The van der Waals surface area contributed by atoms with Crippen LogP contribution in [-0.4, -0.2) is 30.6 Å². The van der Waals surface area contributed by atoms with Crippen molar-refractivity contribution in [1.82, 2.24) is 24.8 Å². The summed E-state index contributed by atoms with van der Waals surface area (Å²) in [5, 5.41) is 10.8. The van der Waals surface area contributed by atoms with Gasteiger partial charge in [0.25, 0.3) is 0 Å². The molecule has 0 saturated heterocycles. The van der Waals surface area contributed by atoms with Crippen molar-refractivity contribution >= 4 is 11.3 Å². The number of hydrogen-bond acceptors (Lipinski definition) is 4. The lowest BCUT2D eigenvalue weighted by Crippen LogP contribution is -2.21. The molecule has 24 heavy (non-hydrogen) atoms. The zero-order valence-electron chi connectivity index (χ0n) is 14.2. The molecule has 1 N–H and O–H groups in total. The van der Waals surface area contributed by atoms with E-state index in [-0.39, 0.29) is 11.7 Å². The smallest absolute Gasteiger partial charge is 0.216 e. The number of rotatable bonds is 2. The summed E-state index contributed by atoms with van der Waals surface area (Å²) in [6.45, 7) is 3.89. The van der Waals surface area contributed by atoms with Crippen LogP contribution in [0.15, 0.2) is 30.6 Å². The van der Waals surface area contributed by atoms with Crippen molar-refractivity contribution < 1.29 is 4.79 Å². The van der Waals surface area contributed by atoms with Crippen molar-refractivity contribution in [2.24, 2.45) is 5.92 Å². The molecule has 6 nitrogen and oxygen atoms in total. The van der Waals surface area contributed by atoms with E-state index in [0.29, 0.717) is 5.82 Å². The standard InChI is InChI=1S/C14H17N3O.C4H6N2/c1-10-12-8-5-9-17(12)16-14(15-10)13(18)11-6-3-2-4-7-11;1-4-2-3-5-6-4/h5,8-9,11H,2-4,6-7H2,1H3;2-3H,1H3,(H,5,6). The molecule has 126 valence electrons. The van der Waals surface area contributed by atoms with Crippen molar-refractivity contribution in [2.75, 3.05) is 0 Å². The number of aromatic nitrogens is 5. The fourth-order valence-corrected chi connectivity index (χ4v) is 3.06. The molecule has 3 aromatic rings. The van der Waals surface area contributed by atoms with Gasteiger partial charge in [0.15, 0.2) is 0 Å². The van der Waals surface area contributed by atoms with Gasteiger partial charge >= 0.3 is 0 Å². The summed E-state index contributed by atoms with van der Waals surface area (Å²) in [6, 6.07) is 5.80. The van der Waals surface area contributed by atoms with E-state index in [1.54, 1.807) is 10.7 Å². The van der Waals surface area contributed by atoms with Crippen LogP contribution in [0.5, 0.6) is 0 Å². The molecule has 0 spiro atoms. The minimum Gasteiger partial charge on any atom is -0.290 e. The van der Waals surface area contributed by atoms with Gasteiger partial charge in [0, 0.05) is 24.0 Å². The molecule has 0 aromatic carbocycles. The second-order valence-electron chi connectivity index (χ2n) is 6.30. The number of ketones is 1. The Morgan fingerprint density at radius 2 is 2.00 bits per heavy atom. The Balaban J connectivity index is 0.000000238. The molecular weight excluding hydrogens is 302 g/mol. The predicted molar refractivity (Wildman–Crippen MR) is 92.0 cm³/mol. The van der Waals surface area contributed by atoms with E-state index >= 15 is 0 Å². The van der Waals surface area contributed by atoms with Gasteiger partial charge in [0.2, 0.25) is 11.6 Å². The minimum absolute atomic E-state index is 0.119. The summed E-state index contributed by atoms with van der Waals surface area (Å²) >= 11 is 0. The SMILES string of the molecule is Cc1ccn[nH]1.Cc1nc(C(=O)C2CCCCC2)nn2cccc12. The molecule has 1 fully saturated rings. The molecule has 3 aromatic heterocycles. The maximum Gasteiger partial charge on any atom is 0.216 e. The van der Waals surface area contributed by atoms with Crippen LogP contribution in [0, 0.1) is 19.8 Å². The number of hydrogen-bond donors (Lipinski definition) is 1. The van der Waals surface area contributed by atoms with Crippen molar-refractivity contribution in [3.8, 4) is 0 Å². The molecule has 0 atom stereocenters. The minimum atomic E-state index is 0.119. The van der Waals surface area contributed by atoms with Crippen LogP contribution in [0.25, 0.3) is 5.52 Å². The van der Waals surface area contributed by atoms with E-state index in [4.69, 9.17) is 0 Å². The largest absolute Gasteiger partial charge is 0.290 e. The monoisotopic (exact) mass is 325 g/mol. The molecule has 1 aliphatic carbocycles. The summed E-state index contributed by atoms with van der Waals surface area (Å²) in [5.41, 5.74) is 2.94. The van der Waals surface area contributed by atoms with Crippen LogP contribution in [0.2, 0.25) is 0 Å². The van der Waals surface area contributed by atoms with E-state index in [2.05, 4.69) is 20.3 Å². The molecule has 4 rings (SSSR count). The Labute approximate surface area is 141 Å². The quantitative estimate of drug-likeness (QED) is 0.731. The third-order valence-corrected chi connectivity index (χ3v) is 4.41. The fraction of sp³-hybridized carbons (Fsp3) is 0.444. The van der Waals surface area contributed by atoms with Crippen LogP contribution < -0.4 is 0 Å². The number of Topliss-reactive ketones (excluding diaryl/α,β-unsaturated/α-hetero) is 1. The Hall–Kier alpha value is -2.50. The maximum atomic E-state index is 12.4. The van der Waals surface area contributed by atoms with Crippen molar-refractivity contribution in [2.45, 2.75) is 46.0 Å². The number of carbonyl (C=O) groups is 1. The van der Waals surface area contributed by atoms with Gasteiger partial charge in [-0.05, 0) is 44.9 Å². The van der Waals surface area contributed by atoms with Crippen molar-refractivity contribution in [3.05, 3.63) is 47.8 Å². The summed E-state index contributed by atoms with van der Waals surface area (Å²) in [6.07, 6.45) is 9.13. The molecule has 3 heterocycles. The average Bonchev–Trinajstić information content (AvgIpc) is 3.27. The Morgan fingerprint density at radius 1 is 1.21 bits per heavy atom. The average molecular weight is 325 g/mol. The summed E-state index contributed by atoms with van der Waals surface area (Å²) in [4.78, 5) is 16.7. The van der Waals surface area contributed by atoms with Gasteiger partial charge in [0.05, 0.1) is 11.2 Å². The summed E-state index contributed by atoms with van der Waals surface area (Å²) < 4.78 is 1.75. The highest BCUT2D eigenvalue weighted by Crippen LogP contribution is 2.26. The number of nitrogens with zero attached hydrogens (tertiary/aromatic N) is 4. The van der Waals surface area contributed by atoms with Gasteiger partial charge in [-0.15, -0.1) is 5.10 Å². The normalized spacial score (nSPS) is 15.1. The highest BCUT2D eigenvalue weighted by atomic mass is 16.1. The molecule has 0 unspecified atom stereocenters. The highest BCUT2D eigenvalue weighted by Gasteiger charge is 2.25.